The molecule has 0 saturated carbocycles. The number of hydrogen-bond donors (Lipinski definition) is 1. The maximum atomic E-state index is 10.7. The van der Waals surface area contributed by atoms with E-state index in [1.165, 1.54) is 6.20 Å². The molecule has 2 N–H and O–H groups in total. The van der Waals surface area contributed by atoms with Gasteiger partial charge in [-0.05, 0) is 12.8 Å². The molecule has 1 amide bonds. The van der Waals surface area contributed by atoms with E-state index < -0.39 is 5.91 Å². The molecule has 5 heteroatoms. The topological polar surface area (TPSA) is 72.1 Å². The number of anilines is 1. The molecule has 1 aromatic rings. The molecule has 1 saturated heterocycles. The van der Waals surface area contributed by atoms with E-state index in [-0.39, 0.29) is 5.69 Å². The highest BCUT2D eigenvalue weighted by Crippen LogP contribution is 2.15. The molecule has 14 heavy (non-hydrogen) atoms. The van der Waals surface area contributed by atoms with E-state index in [0.29, 0.717) is 0 Å². The lowest BCUT2D eigenvalue weighted by Crippen LogP contribution is -2.20. The van der Waals surface area contributed by atoms with Crippen LogP contribution in [-0.4, -0.2) is 29.0 Å². The molecule has 1 aromatic heterocycles. The Labute approximate surface area is 82.0 Å². The van der Waals surface area contributed by atoms with E-state index in [9.17, 15) is 4.79 Å². The van der Waals surface area contributed by atoms with Gasteiger partial charge in [0.05, 0.1) is 12.4 Å². The average molecular weight is 191 g/mol. The first-order valence-electron chi connectivity index (χ1n) is 4.46. The number of aromatic nitrogens is 2. The summed E-state index contributed by atoms with van der Waals surface area (Å²) in [5, 5.41) is 0. The smallest absolute Gasteiger partial charge is 0.268 e. The minimum atomic E-state index is -0.544. The number of carbonyl (C=O) groups is 1. The van der Waals surface area contributed by atoms with Gasteiger partial charge >= 0.3 is 0 Å². The lowest BCUT2D eigenvalue weighted by atomic mass is 10.4. The zero-order valence-electron chi connectivity index (χ0n) is 7.68. The molecule has 73 valence electrons. The van der Waals surface area contributed by atoms with Crippen LogP contribution < -0.4 is 10.6 Å². The van der Waals surface area contributed by atoms with Gasteiger partial charge in [-0.15, -0.1) is 0 Å². The highest BCUT2D eigenvalue weighted by Gasteiger charge is 2.14. The standard InChI is InChI=1S/C9H11N4O/c10-9(14)7-5-12-8(6-11-7)13-3-1-2-4-13/h1,5-6H,2-4H2,(H2,10,14). The van der Waals surface area contributed by atoms with Crippen molar-refractivity contribution in [3.63, 3.8) is 0 Å². The lowest BCUT2D eigenvalue weighted by Gasteiger charge is -2.14. The van der Waals surface area contributed by atoms with Crippen molar-refractivity contribution in [2.75, 3.05) is 18.0 Å². The molecular weight excluding hydrogens is 180 g/mol. The first-order chi connectivity index (χ1) is 6.77. The number of primary amides is 1. The van der Waals surface area contributed by atoms with Gasteiger partial charge in [-0.25, -0.2) is 9.97 Å². The number of hydrogen-bond acceptors (Lipinski definition) is 4. The molecule has 1 aliphatic rings. The van der Waals surface area contributed by atoms with Crippen molar-refractivity contribution in [1.29, 1.82) is 0 Å². The van der Waals surface area contributed by atoms with Gasteiger partial charge in [0.15, 0.2) is 0 Å². The fraction of sp³-hybridized carbons (Fsp3) is 0.333. The Morgan fingerprint density at radius 2 is 2.29 bits per heavy atom. The monoisotopic (exact) mass is 191 g/mol. The Morgan fingerprint density at radius 1 is 1.43 bits per heavy atom. The van der Waals surface area contributed by atoms with Crippen LogP contribution in [0.5, 0.6) is 0 Å². The summed E-state index contributed by atoms with van der Waals surface area (Å²) in [7, 11) is 0. The molecule has 1 radical (unpaired) electrons. The summed E-state index contributed by atoms with van der Waals surface area (Å²) in [4.78, 5) is 20.9. The summed E-state index contributed by atoms with van der Waals surface area (Å²) in [5.74, 6) is 0.251. The molecule has 0 aromatic carbocycles. The molecule has 2 heterocycles. The Kier molecular flexibility index (Phi) is 2.30. The second kappa shape index (κ2) is 3.61. The van der Waals surface area contributed by atoms with Gasteiger partial charge in [-0.2, -0.15) is 0 Å². The number of nitrogens with two attached hydrogens (primary N) is 1. The summed E-state index contributed by atoms with van der Waals surface area (Å²) < 4.78 is 0. The molecule has 5 nitrogen and oxygen atoms in total. The Bertz CT molecular complexity index is 329. The van der Waals surface area contributed by atoms with Crippen LogP contribution in [0, 0.1) is 6.42 Å². The molecule has 2 rings (SSSR count). The largest absolute Gasteiger partial charge is 0.364 e. The van der Waals surface area contributed by atoms with Crippen molar-refractivity contribution >= 4 is 11.7 Å². The number of rotatable bonds is 2. The van der Waals surface area contributed by atoms with Gasteiger partial charge < -0.3 is 10.6 Å². The molecule has 0 bridgehead atoms. The third-order valence-electron chi connectivity index (χ3n) is 2.17. The maximum absolute atomic E-state index is 10.7. The number of amides is 1. The van der Waals surface area contributed by atoms with Crippen molar-refractivity contribution in [2.24, 2.45) is 5.73 Å². The predicted octanol–water partition coefficient (Wildman–Crippen LogP) is -0.0101. The molecule has 0 aliphatic carbocycles. The Morgan fingerprint density at radius 3 is 2.79 bits per heavy atom. The van der Waals surface area contributed by atoms with Gasteiger partial charge in [0, 0.05) is 13.1 Å². The SMILES string of the molecule is NC(=O)c1cnc(N2C[CH]CC2)cn1. The van der Waals surface area contributed by atoms with Crippen molar-refractivity contribution in [3.05, 3.63) is 24.5 Å². The quantitative estimate of drug-likeness (QED) is 0.713. The van der Waals surface area contributed by atoms with Crippen LogP contribution in [0.4, 0.5) is 5.82 Å². The molecular formula is C9H11N4O. The van der Waals surface area contributed by atoms with E-state index in [2.05, 4.69) is 21.3 Å². The van der Waals surface area contributed by atoms with Crippen LogP contribution in [0.3, 0.4) is 0 Å². The molecule has 1 fully saturated rings. The zero-order chi connectivity index (χ0) is 9.97. The number of nitrogens with zero attached hydrogens (tertiary/aromatic N) is 3. The summed E-state index contributed by atoms with van der Waals surface area (Å²) in [6.07, 6.45) is 6.25. The van der Waals surface area contributed by atoms with Gasteiger partial charge in [0.25, 0.3) is 5.91 Å². The van der Waals surface area contributed by atoms with Crippen molar-refractivity contribution in [1.82, 2.24) is 9.97 Å². The lowest BCUT2D eigenvalue weighted by molar-refractivity contribution is 0.0995. The Hall–Kier alpha value is -1.65. The maximum Gasteiger partial charge on any atom is 0.268 e. The zero-order valence-corrected chi connectivity index (χ0v) is 7.68. The number of carbonyl (C=O) groups excluding carboxylic acids is 1. The predicted molar refractivity (Wildman–Crippen MR) is 51.7 cm³/mol. The molecule has 1 aliphatic heterocycles. The fourth-order valence-electron chi connectivity index (χ4n) is 1.41. The summed E-state index contributed by atoms with van der Waals surface area (Å²) >= 11 is 0. The normalized spacial score (nSPS) is 15.9. The minimum absolute atomic E-state index is 0.205. The van der Waals surface area contributed by atoms with Gasteiger partial charge in [-0.1, -0.05) is 0 Å². The van der Waals surface area contributed by atoms with Crippen LogP contribution >= 0.6 is 0 Å². The second-order valence-electron chi connectivity index (χ2n) is 3.15. The summed E-state index contributed by atoms with van der Waals surface area (Å²) in [6.45, 7) is 1.86. The third kappa shape index (κ3) is 1.66. The van der Waals surface area contributed by atoms with E-state index in [1.807, 2.05) is 0 Å². The van der Waals surface area contributed by atoms with E-state index >= 15 is 0 Å². The van der Waals surface area contributed by atoms with Crippen molar-refractivity contribution in [2.45, 2.75) is 6.42 Å². The molecule has 0 atom stereocenters. The second-order valence-corrected chi connectivity index (χ2v) is 3.15. The average Bonchev–Trinajstić information content (AvgIpc) is 2.71. The Balaban J connectivity index is 2.16. The molecule has 0 spiro atoms. The third-order valence-corrected chi connectivity index (χ3v) is 2.17. The minimum Gasteiger partial charge on any atom is -0.364 e. The van der Waals surface area contributed by atoms with E-state index in [1.54, 1.807) is 6.20 Å². The molecule has 0 unspecified atom stereocenters. The van der Waals surface area contributed by atoms with Gasteiger partial charge in [-0.3, -0.25) is 4.79 Å². The fourth-order valence-corrected chi connectivity index (χ4v) is 1.41. The van der Waals surface area contributed by atoms with Crippen LogP contribution in [-0.2, 0) is 0 Å². The van der Waals surface area contributed by atoms with Gasteiger partial charge in [0.2, 0.25) is 0 Å². The van der Waals surface area contributed by atoms with E-state index in [0.717, 1.165) is 25.3 Å². The van der Waals surface area contributed by atoms with E-state index in [4.69, 9.17) is 5.73 Å². The highest BCUT2D eigenvalue weighted by molar-refractivity contribution is 5.90. The first kappa shape index (κ1) is 8.93. The first-order valence-corrected chi connectivity index (χ1v) is 4.46. The highest BCUT2D eigenvalue weighted by atomic mass is 16.1. The van der Waals surface area contributed by atoms with Crippen molar-refractivity contribution in [3.8, 4) is 0 Å². The van der Waals surface area contributed by atoms with Crippen LogP contribution in [0.2, 0.25) is 0 Å². The van der Waals surface area contributed by atoms with Gasteiger partial charge in [0.1, 0.15) is 11.5 Å². The van der Waals surface area contributed by atoms with Crippen LogP contribution in [0.15, 0.2) is 12.4 Å². The van der Waals surface area contributed by atoms with Crippen LogP contribution in [0.1, 0.15) is 16.9 Å². The summed E-state index contributed by atoms with van der Waals surface area (Å²) in [5.41, 5.74) is 5.26. The van der Waals surface area contributed by atoms with Crippen molar-refractivity contribution < 1.29 is 4.79 Å². The summed E-state index contributed by atoms with van der Waals surface area (Å²) in [6, 6.07) is 0. The van der Waals surface area contributed by atoms with Crippen LogP contribution in [0.25, 0.3) is 0 Å².